The van der Waals surface area contributed by atoms with Crippen LogP contribution in [-0.4, -0.2) is 29.6 Å². The Morgan fingerprint density at radius 1 is 1.08 bits per heavy atom. The van der Waals surface area contributed by atoms with Crippen LogP contribution in [0, 0.1) is 28.6 Å². The third kappa shape index (κ3) is 1.68. The topological polar surface area (TPSA) is 55.8 Å². The Hall–Kier alpha value is -0.710. The molecular formula is C20H28O4. The fourth-order valence-electron chi connectivity index (χ4n) is 7.02. The summed E-state index contributed by atoms with van der Waals surface area (Å²) in [5.41, 5.74) is 1.27. The van der Waals surface area contributed by atoms with Crippen LogP contribution in [0.2, 0.25) is 0 Å². The maximum Gasteiger partial charge on any atom is 0.179 e. The molecule has 1 aliphatic heterocycles. The number of fused-ring (bicyclic) bond motifs is 6. The highest BCUT2D eigenvalue weighted by atomic mass is 16.9. The summed E-state index contributed by atoms with van der Waals surface area (Å²) in [6.07, 6.45) is 8.31. The lowest BCUT2D eigenvalue weighted by atomic mass is 9.47. The van der Waals surface area contributed by atoms with Gasteiger partial charge in [-0.3, -0.25) is 4.79 Å². The number of aliphatic hydroxyl groups excluding tert-OH is 1. The van der Waals surface area contributed by atoms with Gasteiger partial charge in [0.2, 0.25) is 0 Å². The molecule has 0 aromatic rings. The summed E-state index contributed by atoms with van der Waals surface area (Å²) < 4.78 is 11.9. The van der Waals surface area contributed by atoms with E-state index < -0.39 is 5.79 Å². The number of hydrogen-bond donors (Lipinski definition) is 1. The Labute approximate surface area is 143 Å². The summed E-state index contributed by atoms with van der Waals surface area (Å²) in [4.78, 5) is 13.1. The van der Waals surface area contributed by atoms with Gasteiger partial charge < -0.3 is 14.6 Å². The second-order valence-electron chi connectivity index (χ2n) is 9.28. The van der Waals surface area contributed by atoms with E-state index in [1.165, 1.54) is 5.57 Å². The summed E-state index contributed by atoms with van der Waals surface area (Å²) >= 11 is 0. The minimum Gasteiger partial charge on any atom is -0.393 e. The largest absolute Gasteiger partial charge is 0.393 e. The number of allylic oxidation sites excluding steroid dienone is 1. The third-order valence-electron chi connectivity index (χ3n) is 8.55. The number of ketones is 1. The first-order valence-corrected chi connectivity index (χ1v) is 9.61. The molecule has 0 amide bonds. The van der Waals surface area contributed by atoms with Gasteiger partial charge in [-0.15, -0.1) is 0 Å². The molecular weight excluding hydrogens is 304 g/mol. The van der Waals surface area contributed by atoms with Gasteiger partial charge in [-0.05, 0) is 61.9 Å². The van der Waals surface area contributed by atoms with E-state index in [0.29, 0.717) is 30.8 Å². The summed E-state index contributed by atoms with van der Waals surface area (Å²) in [6.45, 7) is 5.04. The molecule has 5 rings (SSSR count). The van der Waals surface area contributed by atoms with Gasteiger partial charge in [0.05, 0.1) is 6.10 Å². The molecule has 24 heavy (non-hydrogen) atoms. The number of aliphatic hydroxyl groups is 1. The van der Waals surface area contributed by atoms with Crippen molar-refractivity contribution in [3.8, 4) is 0 Å². The van der Waals surface area contributed by atoms with Crippen LogP contribution in [0.4, 0.5) is 0 Å². The van der Waals surface area contributed by atoms with Crippen molar-refractivity contribution in [1.29, 1.82) is 0 Å². The Morgan fingerprint density at radius 3 is 2.54 bits per heavy atom. The highest BCUT2D eigenvalue weighted by Crippen LogP contribution is 2.68. The molecule has 1 saturated heterocycles. The Balaban J connectivity index is 1.55. The molecule has 3 saturated carbocycles. The first kappa shape index (κ1) is 15.5. The van der Waals surface area contributed by atoms with Gasteiger partial charge in [0.25, 0.3) is 0 Å². The molecule has 0 bridgehead atoms. The monoisotopic (exact) mass is 332 g/mol. The zero-order valence-corrected chi connectivity index (χ0v) is 14.7. The molecule has 4 fully saturated rings. The van der Waals surface area contributed by atoms with Crippen LogP contribution in [0.1, 0.15) is 58.8 Å². The highest BCUT2D eigenvalue weighted by molar-refractivity contribution is 5.94. The standard InChI is InChI=1S/C20H28O4/c1-18-6-3-13(21)9-12(18)10-16(22)17-14(18)4-7-19(2)15(17)5-8-20(19)23-11-24-20/h10,13-15,17,21H,3-9,11H2,1-2H3/t13-,14-,15-,17+,18-,19-/m0/s1. The number of ether oxygens (including phenoxy) is 2. The van der Waals surface area contributed by atoms with Crippen LogP contribution < -0.4 is 0 Å². The summed E-state index contributed by atoms with van der Waals surface area (Å²) in [6, 6.07) is 0. The number of hydrogen-bond acceptors (Lipinski definition) is 4. The van der Waals surface area contributed by atoms with Gasteiger partial charge in [-0.25, -0.2) is 0 Å². The molecule has 4 aliphatic carbocycles. The third-order valence-corrected chi connectivity index (χ3v) is 8.55. The zero-order valence-electron chi connectivity index (χ0n) is 14.7. The van der Waals surface area contributed by atoms with Gasteiger partial charge in [0.1, 0.15) is 0 Å². The van der Waals surface area contributed by atoms with Crippen LogP contribution in [-0.2, 0) is 14.3 Å². The average Bonchev–Trinajstić information content (AvgIpc) is 2.82. The van der Waals surface area contributed by atoms with Gasteiger partial charge in [-0.2, -0.15) is 0 Å². The molecule has 1 heterocycles. The van der Waals surface area contributed by atoms with Crippen molar-refractivity contribution in [2.24, 2.45) is 28.6 Å². The maximum absolute atomic E-state index is 13.1. The van der Waals surface area contributed by atoms with Crippen molar-refractivity contribution >= 4 is 5.78 Å². The quantitative estimate of drug-likeness (QED) is 0.740. The van der Waals surface area contributed by atoms with Crippen LogP contribution in [0.25, 0.3) is 0 Å². The molecule has 0 aromatic heterocycles. The van der Waals surface area contributed by atoms with Gasteiger partial charge in [-0.1, -0.05) is 19.4 Å². The van der Waals surface area contributed by atoms with E-state index in [4.69, 9.17) is 9.47 Å². The Morgan fingerprint density at radius 2 is 1.83 bits per heavy atom. The van der Waals surface area contributed by atoms with Crippen molar-refractivity contribution in [3.63, 3.8) is 0 Å². The van der Waals surface area contributed by atoms with E-state index in [1.807, 2.05) is 6.08 Å². The normalized spacial score (nSPS) is 52.1. The first-order valence-electron chi connectivity index (χ1n) is 9.61. The molecule has 6 atom stereocenters. The Bertz CT molecular complexity index is 621. The summed E-state index contributed by atoms with van der Waals surface area (Å²) in [5, 5.41) is 10.1. The van der Waals surface area contributed by atoms with Crippen LogP contribution in [0.5, 0.6) is 0 Å². The molecule has 0 radical (unpaired) electrons. The van der Waals surface area contributed by atoms with E-state index in [2.05, 4.69) is 13.8 Å². The number of carbonyl (C=O) groups is 1. The van der Waals surface area contributed by atoms with Crippen LogP contribution in [0.15, 0.2) is 11.6 Å². The predicted molar refractivity (Wildman–Crippen MR) is 87.9 cm³/mol. The van der Waals surface area contributed by atoms with Crippen molar-refractivity contribution in [1.82, 2.24) is 0 Å². The summed E-state index contributed by atoms with van der Waals surface area (Å²) in [7, 11) is 0. The SMILES string of the molecule is C[C@]12CC[C@H](O)CC1=CC(=O)[C@@H]1[C@@H]2CC[C@@]2(C)[C@H]1CCC21OCO1. The highest BCUT2D eigenvalue weighted by Gasteiger charge is 2.69. The molecule has 4 heteroatoms. The van der Waals surface area contributed by atoms with Crippen molar-refractivity contribution < 1.29 is 19.4 Å². The van der Waals surface area contributed by atoms with E-state index in [9.17, 15) is 9.90 Å². The second-order valence-corrected chi connectivity index (χ2v) is 9.28. The van der Waals surface area contributed by atoms with Crippen molar-refractivity contribution in [2.45, 2.75) is 70.7 Å². The molecule has 5 aliphatic rings. The number of carbonyl (C=O) groups excluding carboxylic acids is 1. The lowest BCUT2D eigenvalue weighted by molar-refractivity contribution is -0.436. The van der Waals surface area contributed by atoms with Crippen molar-refractivity contribution in [3.05, 3.63) is 11.6 Å². The second kappa shape index (κ2) is 4.72. The molecule has 1 N–H and O–H groups in total. The van der Waals surface area contributed by atoms with E-state index in [1.54, 1.807) is 0 Å². The molecule has 0 unspecified atom stereocenters. The van der Waals surface area contributed by atoms with Gasteiger partial charge >= 0.3 is 0 Å². The smallest absolute Gasteiger partial charge is 0.179 e. The minimum atomic E-state index is -0.420. The molecule has 0 aromatic carbocycles. The van der Waals surface area contributed by atoms with Crippen LogP contribution in [0.3, 0.4) is 0 Å². The Kier molecular flexibility index (Phi) is 3.05. The minimum absolute atomic E-state index is 0.0298. The zero-order chi connectivity index (χ0) is 16.7. The van der Waals surface area contributed by atoms with E-state index >= 15 is 0 Å². The average molecular weight is 332 g/mol. The predicted octanol–water partition coefficient (Wildman–Crippen LogP) is 3.19. The van der Waals surface area contributed by atoms with Gasteiger partial charge in [0.15, 0.2) is 18.4 Å². The fourth-order valence-corrected chi connectivity index (χ4v) is 7.02. The van der Waals surface area contributed by atoms with E-state index in [-0.39, 0.29) is 22.9 Å². The lowest BCUT2D eigenvalue weighted by Crippen LogP contribution is -2.61. The van der Waals surface area contributed by atoms with Gasteiger partial charge in [0, 0.05) is 17.8 Å². The lowest BCUT2D eigenvalue weighted by Gasteiger charge is -2.59. The molecule has 1 spiro atoms. The first-order chi connectivity index (χ1) is 11.4. The molecule has 4 nitrogen and oxygen atoms in total. The molecule has 132 valence electrons. The van der Waals surface area contributed by atoms with E-state index in [0.717, 1.165) is 38.5 Å². The fraction of sp³-hybridized carbons (Fsp3) is 0.850. The number of rotatable bonds is 0. The summed E-state index contributed by atoms with van der Waals surface area (Å²) in [5.74, 6) is 0.779. The van der Waals surface area contributed by atoms with Crippen LogP contribution >= 0.6 is 0 Å². The maximum atomic E-state index is 13.1. The van der Waals surface area contributed by atoms with Crippen molar-refractivity contribution in [2.75, 3.05) is 6.79 Å².